The minimum atomic E-state index is -0.791. The summed E-state index contributed by atoms with van der Waals surface area (Å²) in [6, 6.07) is 4.51. The van der Waals surface area contributed by atoms with Crippen molar-refractivity contribution in [3.05, 3.63) is 50.7 Å². The molecule has 3 rings (SSSR count). The van der Waals surface area contributed by atoms with Gasteiger partial charge in [-0.05, 0) is 38.0 Å². The molecule has 0 saturated heterocycles. The van der Waals surface area contributed by atoms with Gasteiger partial charge in [-0.1, -0.05) is 19.4 Å². The first-order valence-electron chi connectivity index (χ1n) is 10.9. The number of aryl methyl sites for hydroxylation is 2. The van der Waals surface area contributed by atoms with E-state index in [9.17, 15) is 14.7 Å². The van der Waals surface area contributed by atoms with Gasteiger partial charge in [-0.3, -0.25) is 9.59 Å². The van der Waals surface area contributed by atoms with Crippen molar-refractivity contribution in [3.63, 3.8) is 0 Å². The van der Waals surface area contributed by atoms with Crippen molar-refractivity contribution in [2.75, 3.05) is 34.0 Å². The first kappa shape index (κ1) is 24.7. The highest BCUT2D eigenvalue weighted by atomic mass is 32.1. The van der Waals surface area contributed by atoms with Crippen molar-refractivity contribution in [2.45, 2.75) is 39.7 Å². The van der Waals surface area contributed by atoms with Crippen molar-refractivity contribution < 1.29 is 28.9 Å². The van der Waals surface area contributed by atoms with Gasteiger partial charge in [-0.15, -0.1) is 11.3 Å². The van der Waals surface area contributed by atoms with E-state index in [0.29, 0.717) is 34.2 Å². The summed E-state index contributed by atoms with van der Waals surface area (Å²) in [6.45, 7) is 6.66. The summed E-state index contributed by atoms with van der Waals surface area (Å²) < 4.78 is 16.5. The third-order valence-electron chi connectivity index (χ3n) is 5.45. The number of aromatic nitrogens is 1. The van der Waals surface area contributed by atoms with E-state index in [4.69, 9.17) is 14.2 Å². The van der Waals surface area contributed by atoms with E-state index in [1.165, 1.54) is 30.5 Å². The molecule has 1 amide bonds. The van der Waals surface area contributed by atoms with E-state index < -0.39 is 23.5 Å². The number of unbranched alkanes of at least 4 members (excludes halogenated alkanes) is 1. The predicted molar refractivity (Wildman–Crippen MR) is 125 cm³/mol. The zero-order chi connectivity index (χ0) is 24.1. The fourth-order valence-electron chi connectivity index (χ4n) is 3.82. The van der Waals surface area contributed by atoms with Gasteiger partial charge < -0.3 is 24.2 Å². The standard InChI is InChI=1S/C24H30N2O6S/c1-6-7-11-32-17-9-8-16(13-18(17)31-5)20-19(21(27)23-14(2)25-15(3)33-23)22(28)24(29)26(20)10-12-30-4/h8-9,13,20,28H,6-7,10-12H2,1-5H3. The number of aliphatic hydroxyl groups excluding tert-OH is 1. The van der Waals surface area contributed by atoms with Crippen molar-refractivity contribution in [1.29, 1.82) is 0 Å². The molecule has 9 heteroatoms. The number of aliphatic hydroxyl groups is 1. The number of amides is 1. The second-order valence-corrected chi connectivity index (χ2v) is 8.95. The van der Waals surface area contributed by atoms with Crippen LogP contribution < -0.4 is 9.47 Å². The molecule has 0 bridgehead atoms. The first-order chi connectivity index (χ1) is 15.8. The Morgan fingerprint density at radius 2 is 1.97 bits per heavy atom. The van der Waals surface area contributed by atoms with Gasteiger partial charge in [-0.2, -0.15) is 0 Å². The van der Waals surface area contributed by atoms with E-state index in [1.54, 1.807) is 25.1 Å². The molecular formula is C24H30N2O6S. The summed E-state index contributed by atoms with van der Waals surface area (Å²) >= 11 is 1.25. The van der Waals surface area contributed by atoms with E-state index >= 15 is 0 Å². The van der Waals surface area contributed by atoms with Crippen LogP contribution in [-0.4, -0.2) is 60.7 Å². The number of hydrogen-bond acceptors (Lipinski definition) is 8. The van der Waals surface area contributed by atoms with E-state index in [-0.39, 0.29) is 18.7 Å². The first-order valence-corrected chi connectivity index (χ1v) is 11.7. The number of carbonyl (C=O) groups excluding carboxylic acids is 2. The predicted octanol–water partition coefficient (Wildman–Crippen LogP) is 4.17. The lowest BCUT2D eigenvalue weighted by molar-refractivity contribution is -0.130. The quantitative estimate of drug-likeness (QED) is 0.385. The van der Waals surface area contributed by atoms with Gasteiger partial charge in [0.15, 0.2) is 17.3 Å². The molecule has 0 aliphatic carbocycles. The lowest BCUT2D eigenvalue weighted by atomic mass is 9.94. The largest absolute Gasteiger partial charge is 0.503 e. The molecule has 0 saturated carbocycles. The van der Waals surface area contributed by atoms with E-state index in [1.807, 2.05) is 6.92 Å². The second kappa shape index (κ2) is 10.8. The van der Waals surface area contributed by atoms with Gasteiger partial charge in [0.25, 0.3) is 5.91 Å². The molecule has 2 aromatic rings. The highest BCUT2D eigenvalue weighted by Crippen LogP contribution is 2.42. The summed E-state index contributed by atoms with van der Waals surface area (Å²) in [4.78, 5) is 32.7. The number of nitrogens with zero attached hydrogens (tertiary/aromatic N) is 2. The Balaban J connectivity index is 2.06. The highest BCUT2D eigenvalue weighted by molar-refractivity contribution is 7.14. The zero-order valence-corrected chi connectivity index (χ0v) is 20.5. The van der Waals surface area contributed by atoms with Crippen LogP contribution in [0.3, 0.4) is 0 Å². The van der Waals surface area contributed by atoms with Gasteiger partial charge in [0.05, 0.1) is 47.5 Å². The van der Waals surface area contributed by atoms with E-state index in [0.717, 1.165) is 17.8 Å². The molecule has 33 heavy (non-hydrogen) atoms. The maximum atomic E-state index is 13.5. The SMILES string of the molecule is CCCCOc1ccc(C2C(C(=O)c3sc(C)nc3C)=C(O)C(=O)N2CCOC)cc1OC. The smallest absolute Gasteiger partial charge is 0.290 e. The number of rotatable bonds is 11. The molecule has 0 fully saturated rings. The molecule has 1 aromatic carbocycles. The molecule has 0 radical (unpaired) electrons. The number of Topliss-reactive ketones (excluding diaryl/α,β-unsaturated/α-hetero) is 1. The summed E-state index contributed by atoms with van der Waals surface area (Å²) in [6.07, 6.45) is 1.92. The van der Waals surface area contributed by atoms with Crippen LogP contribution in [0.25, 0.3) is 0 Å². The number of hydrogen-bond donors (Lipinski definition) is 1. The maximum Gasteiger partial charge on any atom is 0.290 e. The molecule has 1 unspecified atom stereocenters. The Hall–Kier alpha value is -2.91. The molecule has 1 atom stereocenters. The van der Waals surface area contributed by atoms with Crippen LogP contribution in [-0.2, 0) is 9.53 Å². The fraction of sp³-hybridized carbons (Fsp3) is 0.458. The van der Waals surface area contributed by atoms with Gasteiger partial charge in [0.2, 0.25) is 5.78 Å². The normalized spacial score (nSPS) is 16.0. The lowest BCUT2D eigenvalue weighted by Gasteiger charge is -2.27. The van der Waals surface area contributed by atoms with Gasteiger partial charge in [-0.25, -0.2) is 4.98 Å². The Morgan fingerprint density at radius 1 is 1.21 bits per heavy atom. The van der Waals surface area contributed by atoms with Crippen LogP contribution in [0.15, 0.2) is 29.5 Å². The topological polar surface area (TPSA) is 98.2 Å². The van der Waals surface area contributed by atoms with Crippen LogP contribution >= 0.6 is 11.3 Å². The number of thiazole rings is 1. The number of methoxy groups -OCH3 is 2. The van der Waals surface area contributed by atoms with Crippen LogP contribution in [0, 0.1) is 13.8 Å². The Morgan fingerprint density at radius 3 is 2.58 bits per heavy atom. The van der Waals surface area contributed by atoms with Crippen LogP contribution in [0.5, 0.6) is 11.5 Å². The Kier molecular flexibility index (Phi) is 8.10. The summed E-state index contributed by atoms with van der Waals surface area (Å²) in [5.74, 6) is -0.491. The minimum Gasteiger partial charge on any atom is -0.503 e. The average molecular weight is 475 g/mol. The molecule has 1 aliphatic heterocycles. The summed E-state index contributed by atoms with van der Waals surface area (Å²) in [5.41, 5.74) is 1.23. The van der Waals surface area contributed by atoms with Gasteiger partial charge in [0, 0.05) is 13.7 Å². The van der Waals surface area contributed by atoms with Gasteiger partial charge in [0.1, 0.15) is 0 Å². The summed E-state index contributed by atoms with van der Waals surface area (Å²) in [7, 11) is 3.07. The van der Waals surface area contributed by atoms with E-state index in [2.05, 4.69) is 11.9 Å². The maximum absolute atomic E-state index is 13.5. The average Bonchev–Trinajstić information content (AvgIpc) is 3.27. The molecule has 0 spiro atoms. The Labute approximate surface area is 197 Å². The second-order valence-electron chi connectivity index (χ2n) is 7.75. The van der Waals surface area contributed by atoms with Crippen molar-refractivity contribution in [2.24, 2.45) is 0 Å². The van der Waals surface area contributed by atoms with Crippen LogP contribution in [0.4, 0.5) is 0 Å². The molecular weight excluding hydrogens is 444 g/mol. The monoisotopic (exact) mass is 474 g/mol. The number of carbonyl (C=O) groups is 2. The van der Waals surface area contributed by atoms with Gasteiger partial charge >= 0.3 is 0 Å². The molecule has 178 valence electrons. The van der Waals surface area contributed by atoms with Crippen molar-refractivity contribution >= 4 is 23.0 Å². The molecule has 1 aliphatic rings. The van der Waals surface area contributed by atoms with Crippen LogP contribution in [0.1, 0.15) is 51.7 Å². The van der Waals surface area contributed by atoms with Crippen LogP contribution in [0.2, 0.25) is 0 Å². The lowest BCUT2D eigenvalue weighted by Crippen LogP contribution is -2.34. The van der Waals surface area contributed by atoms with Crippen molar-refractivity contribution in [1.82, 2.24) is 9.88 Å². The molecule has 1 aromatic heterocycles. The molecule has 2 heterocycles. The van der Waals surface area contributed by atoms with Crippen molar-refractivity contribution in [3.8, 4) is 11.5 Å². The summed E-state index contributed by atoms with van der Waals surface area (Å²) in [5, 5.41) is 11.5. The number of ether oxygens (including phenoxy) is 3. The third kappa shape index (κ3) is 5.04. The number of ketones is 1. The number of benzene rings is 1. The zero-order valence-electron chi connectivity index (χ0n) is 19.6. The Bertz CT molecular complexity index is 1060. The fourth-order valence-corrected chi connectivity index (χ4v) is 4.69. The molecule has 8 nitrogen and oxygen atoms in total. The molecule has 1 N–H and O–H groups in total. The third-order valence-corrected chi connectivity index (χ3v) is 6.52. The highest BCUT2D eigenvalue weighted by Gasteiger charge is 2.44. The minimum absolute atomic E-state index is 0.0320.